The average Bonchev–Trinajstić information content (AvgIpc) is 3.10. The third-order valence-corrected chi connectivity index (χ3v) is 5.23. The Kier molecular flexibility index (Phi) is 6.49. The van der Waals surface area contributed by atoms with Crippen molar-refractivity contribution in [3.63, 3.8) is 0 Å². The summed E-state index contributed by atoms with van der Waals surface area (Å²) in [5.41, 5.74) is 1.10. The number of carbonyl (C=O) groups is 1. The Morgan fingerprint density at radius 2 is 2.00 bits per heavy atom. The van der Waals surface area contributed by atoms with Crippen LogP contribution in [0.4, 0.5) is 0 Å². The second-order valence-electron chi connectivity index (χ2n) is 6.99. The summed E-state index contributed by atoms with van der Waals surface area (Å²) in [7, 11) is 0. The minimum absolute atomic E-state index is 0.114. The maximum absolute atomic E-state index is 12.4. The quantitative estimate of drug-likeness (QED) is 0.809. The summed E-state index contributed by atoms with van der Waals surface area (Å²) in [6.07, 6.45) is 11.6. The Morgan fingerprint density at radius 3 is 2.72 bits per heavy atom. The van der Waals surface area contributed by atoms with E-state index in [-0.39, 0.29) is 24.7 Å². The van der Waals surface area contributed by atoms with E-state index in [2.05, 4.69) is 11.2 Å². The molecular formula is C21H27NO3. The summed E-state index contributed by atoms with van der Waals surface area (Å²) in [6, 6.07) is 10.0. The predicted molar refractivity (Wildman–Crippen MR) is 96.7 cm³/mol. The molecule has 2 aliphatic rings. The summed E-state index contributed by atoms with van der Waals surface area (Å²) in [4.78, 5) is 12.4. The number of rotatable bonds is 6. The van der Waals surface area contributed by atoms with Gasteiger partial charge in [-0.3, -0.25) is 4.79 Å². The zero-order chi connectivity index (χ0) is 17.5. The van der Waals surface area contributed by atoms with Gasteiger partial charge >= 0.3 is 0 Å². The maximum atomic E-state index is 12.4. The molecular weight excluding hydrogens is 314 g/mol. The van der Waals surface area contributed by atoms with E-state index in [1.54, 1.807) is 0 Å². The highest BCUT2D eigenvalue weighted by atomic mass is 16.6. The molecule has 1 heterocycles. The van der Waals surface area contributed by atoms with E-state index < -0.39 is 6.10 Å². The minimum Gasteiger partial charge on any atom is -0.370 e. The van der Waals surface area contributed by atoms with Crippen molar-refractivity contribution >= 4 is 5.91 Å². The van der Waals surface area contributed by atoms with Crippen LogP contribution < -0.4 is 5.32 Å². The molecule has 1 N–H and O–H groups in total. The fourth-order valence-corrected chi connectivity index (χ4v) is 3.90. The van der Waals surface area contributed by atoms with Gasteiger partial charge < -0.3 is 14.8 Å². The number of nitrogens with one attached hydrogen (secondary N) is 1. The fourth-order valence-electron chi connectivity index (χ4n) is 3.90. The summed E-state index contributed by atoms with van der Waals surface area (Å²) in [5, 5.41) is 2.75. The Balaban J connectivity index is 1.63. The molecule has 3 rings (SSSR count). The zero-order valence-corrected chi connectivity index (χ0v) is 14.7. The molecule has 0 bridgehead atoms. The van der Waals surface area contributed by atoms with Crippen molar-refractivity contribution in [3.05, 3.63) is 35.9 Å². The molecule has 2 fully saturated rings. The molecule has 1 saturated carbocycles. The number of terminal acetylenes is 1. The van der Waals surface area contributed by atoms with Crippen LogP contribution in [0.2, 0.25) is 0 Å². The monoisotopic (exact) mass is 341 g/mol. The van der Waals surface area contributed by atoms with Gasteiger partial charge in [-0.2, -0.15) is 0 Å². The lowest BCUT2D eigenvalue weighted by molar-refractivity contribution is -0.139. The van der Waals surface area contributed by atoms with E-state index in [0.29, 0.717) is 12.5 Å². The first-order chi connectivity index (χ1) is 12.3. The topological polar surface area (TPSA) is 47.6 Å². The number of amides is 1. The molecule has 25 heavy (non-hydrogen) atoms. The molecule has 1 aromatic carbocycles. The molecule has 134 valence electrons. The smallest absolute Gasteiger partial charge is 0.252 e. The molecule has 0 radical (unpaired) electrons. The summed E-state index contributed by atoms with van der Waals surface area (Å²) < 4.78 is 12.2. The molecule has 0 aromatic heterocycles. The van der Waals surface area contributed by atoms with Gasteiger partial charge in [0.25, 0.3) is 5.91 Å². The van der Waals surface area contributed by atoms with Gasteiger partial charge in [0.1, 0.15) is 0 Å². The summed E-state index contributed by atoms with van der Waals surface area (Å²) in [6.45, 7) is 0.712. The molecule has 3 atom stereocenters. The van der Waals surface area contributed by atoms with E-state index in [4.69, 9.17) is 15.9 Å². The zero-order valence-electron chi connectivity index (χ0n) is 14.7. The van der Waals surface area contributed by atoms with Gasteiger partial charge in [0.15, 0.2) is 6.10 Å². The van der Waals surface area contributed by atoms with Crippen molar-refractivity contribution in [2.75, 3.05) is 6.54 Å². The Bertz CT molecular complexity index is 589. The third-order valence-electron chi connectivity index (χ3n) is 5.23. The van der Waals surface area contributed by atoms with E-state index >= 15 is 0 Å². The molecule has 1 aliphatic carbocycles. The van der Waals surface area contributed by atoms with Crippen LogP contribution in [0.15, 0.2) is 30.3 Å². The second kappa shape index (κ2) is 9.03. The van der Waals surface area contributed by atoms with Gasteiger partial charge in [-0.1, -0.05) is 55.5 Å². The van der Waals surface area contributed by atoms with Gasteiger partial charge in [-0.15, -0.1) is 6.42 Å². The van der Waals surface area contributed by atoms with Crippen LogP contribution >= 0.6 is 0 Å². The van der Waals surface area contributed by atoms with Crippen molar-refractivity contribution in [2.45, 2.75) is 63.4 Å². The summed E-state index contributed by atoms with van der Waals surface area (Å²) >= 11 is 0. The Hall–Kier alpha value is -1.83. The number of carbonyl (C=O) groups excluding carboxylic acids is 1. The molecule has 1 aliphatic heterocycles. The number of ether oxygens (including phenoxy) is 2. The lowest BCUT2D eigenvalue weighted by atomic mass is 9.84. The Labute approximate surface area is 150 Å². The van der Waals surface area contributed by atoms with Crippen LogP contribution in [0.25, 0.3) is 0 Å². The Morgan fingerprint density at radius 1 is 1.24 bits per heavy atom. The van der Waals surface area contributed by atoms with Crippen LogP contribution in [0.3, 0.4) is 0 Å². The summed E-state index contributed by atoms with van der Waals surface area (Å²) in [5.74, 6) is 2.83. The molecule has 3 unspecified atom stereocenters. The average molecular weight is 341 g/mol. The highest BCUT2D eigenvalue weighted by Crippen LogP contribution is 2.36. The van der Waals surface area contributed by atoms with Gasteiger partial charge in [-0.05, 0) is 24.3 Å². The van der Waals surface area contributed by atoms with Crippen LogP contribution in [-0.2, 0) is 20.9 Å². The standard InChI is InChI=1S/C21H27NO3/c1-2-13-22-21(23)20-19(24-15-16-9-5-3-6-10-16)14-18(25-20)17-11-7-4-8-12-17/h1,3,5-6,9-10,17-20H,4,7-8,11-15H2,(H,22,23). The van der Waals surface area contributed by atoms with E-state index in [1.807, 2.05) is 30.3 Å². The van der Waals surface area contributed by atoms with Crippen LogP contribution in [0.1, 0.15) is 44.1 Å². The first-order valence-electron chi connectivity index (χ1n) is 9.30. The fraction of sp³-hybridized carbons (Fsp3) is 0.571. The first-order valence-corrected chi connectivity index (χ1v) is 9.30. The number of benzene rings is 1. The number of hydrogen-bond acceptors (Lipinski definition) is 3. The van der Waals surface area contributed by atoms with E-state index in [1.165, 1.54) is 32.1 Å². The molecule has 1 aromatic rings. The molecule has 1 saturated heterocycles. The highest BCUT2D eigenvalue weighted by molar-refractivity contribution is 5.82. The number of hydrogen-bond donors (Lipinski definition) is 1. The van der Waals surface area contributed by atoms with Gasteiger partial charge in [0, 0.05) is 6.42 Å². The van der Waals surface area contributed by atoms with Crippen molar-refractivity contribution in [3.8, 4) is 12.3 Å². The van der Waals surface area contributed by atoms with Crippen LogP contribution in [-0.4, -0.2) is 30.8 Å². The first kappa shape index (κ1) is 18.0. The van der Waals surface area contributed by atoms with Crippen LogP contribution in [0, 0.1) is 18.3 Å². The molecule has 4 heteroatoms. The SMILES string of the molecule is C#CCNC(=O)C1OC(C2CCCCC2)CC1OCc1ccccc1. The molecule has 1 amide bonds. The third kappa shape index (κ3) is 4.84. The van der Waals surface area contributed by atoms with E-state index in [9.17, 15) is 4.79 Å². The van der Waals surface area contributed by atoms with E-state index in [0.717, 1.165) is 12.0 Å². The largest absolute Gasteiger partial charge is 0.370 e. The molecule has 0 spiro atoms. The normalized spacial score (nSPS) is 26.9. The lowest BCUT2D eigenvalue weighted by Crippen LogP contribution is -2.41. The van der Waals surface area contributed by atoms with Crippen molar-refractivity contribution < 1.29 is 14.3 Å². The van der Waals surface area contributed by atoms with Crippen LogP contribution in [0.5, 0.6) is 0 Å². The molecule has 4 nitrogen and oxygen atoms in total. The predicted octanol–water partition coefficient (Wildman–Crippen LogP) is 3.06. The minimum atomic E-state index is -0.566. The van der Waals surface area contributed by atoms with Gasteiger partial charge in [-0.25, -0.2) is 0 Å². The van der Waals surface area contributed by atoms with Gasteiger partial charge in [0.05, 0.1) is 25.4 Å². The van der Waals surface area contributed by atoms with Crippen molar-refractivity contribution in [1.29, 1.82) is 0 Å². The van der Waals surface area contributed by atoms with Gasteiger partial charge in [0.2, 0.25) is 0 Å². The lowest BCUT2D eigenvalue weighted by Gasteiger charge is -2.26. The van der Waals surface area contributed by atoms with Crippen molar-refractivity contribution in [1.82, 2.24) is 5.32 Å². The maximum Gasteiger partial charge on any atom is 0.252 e. The highest BCUT2D eigenvalue weighted by Gasteiger charge is 2.43. The van der Waals surface area contributed by atoms with Crippen molar-refractivity contribution in [2.24, 2.45) is 5.92 Å². The second-order valence-corrected chi connectivity index (χ2v) is 6.99.